The molecule has 2 spiro atoms. The molecule has 4 aliphatic carbocycles. The minimum absolute atomic E-state index is 0.0574. The summed E-state index contributed by atoms with van der Waals surface area (Å²) in [6.45, 7) is 21.5. The summed E-state index contributed by atoms with van der Waals surface area (Å²) in [6, 6.07) is 0. The van der Waals surface area contributed by atoms with Gasteiger partial charge < -0.3 is 78.0 Å². The second kappa shape index (κ2) is 18.2. The predicted molar refractivity (Wildman–Crippen MR) is 241 cm³/mol. The van der Waals surface area contributed by atoms with Crippen LogP contribution in [0, 0.1) is 45.3 Å². The van der Waals surface area contributed by atoms with E-state index < -0.39 is 115 Å². The van der Waals surface area contributed by atoms with Crippen LogP contribution in [0.3, 0.4) is 0 Å². The Morgan fingerprint density at radius 2 is 1.29 bits per heavy atom. The molecular weight excluding hydrogens is 901 g/mol. The molecule has 0 unspecified atom stereocenters. The summed E-state index contributed by atoms with van der Waals surface area (Å²) >= 11 is 0. The van der Waals surface area contributed by atoms with Crippen molar-refractivity contribution in [2.75, 3.05) is 13.2 Å². The number of ether oxygens (including phenoxy) is 10. The number of aliphatic hydroxyl groups excluding tert-OH is 6. The smallest absolute Gasteiger partial charge is 0.303 e. The minimum atomic E-state index is -1.57. The number of aliphatic hydroxyl groups is 6. The number of fused-ring (bicyclic) bond motifs is 4. The molecule has 2 bridgehead atoms. The first kappa shape index (κ1) is 52.0. The van der Waals surface area contributed by atoms with Crippen molar-refractivity contribution in [1.29, 1.82) is 0 Å². The van der Waals surface area contributed by atoms with Gasteiger partial charge in [0, 0.05) is 32.1 Å². The van der Waals surface area contributed by atoms with Crippen molar-refractivity contribution < 1.29 is 87.6 Å². The van der Waals surface area contributed by atoms with Crippen LogP contribution in [0.2, 0.25) is 0 Å². The Bertz CT molecular complexity index is 1960. The fourth-order valence-corrected chi connectivity index (χ4v) is 16.2. The molecule has 0 aromatic carbocycles. The highest BCUT2D eigenvalue weighted by Crippen LogP contribution is 2.80. The van der Waals surface area contributed by atoms with Gasteiger partial charge in [0.2, 0.25) is 0 Å². The first-order chi connectivity index (χ1) is 32.2. The monoisotopic (exact) mass is 981 g/mol. The molecule has 392 valence electrons. The zero-order chi connectivity index (χ0) is 50.1. The van der Waals surface area contributed by atoms with Crippen LogP contribution in [0.15, 0.2) is 11.6 Å². The lowest BCUT2D eigenvalue weighted by Gasteiger charge is -2.68. The molecule has 9 aliphatic rings. The Balaban J connectivity index is 0.944. The molecule has 18 nitrogen and oxygen atoms in total. The first-order valence-corrected chi connectivity index (χ1v) is 25.5. The van der Waals surface area contributed by atoms with Crippen LogP contribution < -0.4 is 0 Å². The fraction of sp³-hybridized carbons (Fsp3) is 0.922. The molecule has 9 rings (SSSR count). The maximum Gasteiger partial charge on any atom is 0.303 e. The lowest BCUT2D eigenvalue weighted by Crippen LogP contribution is -2.72. The summed E-state index contributed by atoms with van der Waals surface area (Å²) in [5.41, 5.74) is -1.24. The van der Waals surface area contributed by atoms with E-state index in [0.29, 0.717) is 37.7 Å². The number of carbonyl (C=O) groups is 2. The van der Waals surface area contributed by atoms with Crippen LogP contribution in [-0.4, -0.2) is 165 Å². The molecule has 5 saturated heterocycles. The average molecular weight is 981 g/mol. The number of allylic oxidation sites excluding steroid dienone is 1. The summed E-state index contributed by atoms with van der Waals surface area (Å²) in [5.74, 6) is -1.18. The lowest BCUT2D eigenvalue weighted by atomic mass is 9.39. The van der Waals surface area contributed by atoms with Crippen molar-refractivity contribution >= 4 is 11.9 Å². The summed E-state index contributed by atoms with van der Waals surface area (Å²) in [6.07, 6.45) is -9.39. The van der Waals surface area contributed by atoms with Crippen LogP contribution >= 0.6 is 0 Å². The maximum atomic E-state index is 12.6. The molecule has 4 saturated carbocycles. The highest BCUT2D eigenvalue weighted by Gasteiger charge is 2.84. The fourth-order valence-electron chi connectivity index (χ4n) is 16.2. The van der Waals surface area contributed by atoms with Crippen molar-refractivity contribution in [3.05, 3.63) is 11.6 Å². The number of hydrogen-bond donors (Lipinski definition) is 6. The quantitative estimate of drug-likeness (QED) is 0.110. The van der Waals surface area contributed by atoms with Crippen LogP contribution in [0.1, 0.15) is 128 Å². The highest BCUT2D eigenvalue weighted by atomic mass is 16.8. The number of hydrogen-bond acceptors (Lipinski definition) is 18. The number of esters is 2. The van der Waals surface area contributed by atoms with Gasteiger partial charge in [0.25, 0.3) is 0 Å². The molecule has 0 aromatic heterocycles. The van der Waals surface area contributed by atoms with Gasteiger partial charge in [-0.15, -0.1) is 0 Å². The third-order valence-electron chi connectivity index (χ3n) is 19.5. The number of rotatable bonds is 9. The average Bonchev–Trinajstić information content (AvgIpc) is 3.74. The molecule has 5 heterocycles. The molecule has 25 atom stereocenters. The lowest BCUT2D eigenvalue weighted by molar-refractivity contribution is -0.412. The van der Waals surface area contributed by atoms with Gasteiger partial charge >= 0.3 is 11.9 Å². The van der Waals surface area contributed by atoms with Crippen LogP contribution in [0.25, 0.3) is 0 Å². The van der Waals surface area contributed by atoms with E-state index in [9.17, 15) is 40.2 Å². The largest absolute Gasteiger partial charge is 0.455 e. The molecule has 18 heteroatoms. The molecular formula is C51H80O18. The second-order valence-corrected chi connectivity index (χ2v) is 24.0. The standard InChI is InChI=1S/C51H80O18/c1-23(2)18-28-19-48(10,69-45-42(65-27(6)53)41(64-26(5)52)36(55)25(4)63-45)49(11)33-15-12-29-30(50(33)21-51(49,68-28)61-22-50)13-14-32-46(7,8)34(16-17-47(29,32)9)67-43-39(58)37(56)31(20-60-43)66-44-40(59)38(57)35(54)24(3)62-44/h18,24-25,28-45,54-59H,12-17,19-22H2,1-11H3/t24-,25-,28-,29+,30-,31-,32+,33-,34+,35-,36-,37-,38+,39+,40+,41-,42+,43-,44-,45-,47+,48+,49-,50+,51-/m0/s1. The number of carbonyl (C=O) groups excluding carboxylic acids is 2. The molecule has 69 heavy (non-hydrogen) atoms. The minimum Gasteiger partial charge on any atom is -0.455 e. The normalized spacial score (nSPS) is 54.3. The van der Waals surface area contributed by atoms with E-state index in [2.05, 4.69) is 40.7 Å². The van der Waals surface area contributed by atoms with Gasteiger partial charge in [0.05, 0.1) is 48.6 Å². The van der Waals surface area contributed by atoms with Crippen LogP contribution in [0.4, 0.5) is 0 Å². The van der Waals surface area contributed by atoms with E-state index in [1.807, 2.05) is 13.8 Å². The third kappa shape index (κ3) is 8.11. The summed E-state index contributed by atoms with van der Waals surface area (Å²) in [7, 11) is 0. The van der Waals surface area contributed by atoms with E-state index in [0.717, 1.165) is 37.7 Å². The SMILES string of the molecule is CC(=O)O[C@H]1[C@H](O[C@]2(C)C[C@H](C=C(C)C)O[C@]34C[C@]5(CO3)[C@@H](CC[C@@H]3[C@@H]5CC[C@@H]5C(C)(C)[C@H](O[C@@H]6OC[C@H](O[C@@H]7O[C@@H](C)[C@H](O)[C@@H](O)[C@H]7O)[C@H](O)[C@H]6O)CC[C@]35C)[C@]42C)O[C@@H](C)[C@H](O)[C@@H]1OC(C)=O. The highest BCUT2D eigenvalue weighted by molar-refractivity contribution is 5.67. The predicted octanol–water partition coefficient (Wildman–Crippen LogP) is 3.16. The van der Waals surface area contributed by atoms with E-state index in [1.54, 1.807) is 6.92 Å². The van der Waals surface area contributed by atoms with Gasteiger partial charge in [0.1, 0.15) is 42.7 Å². The Labute approximate surface area is 405 Å². The maximum absolute atomic E-state index is 12.6. The first-order valence-electron chi connectivity index (χ1n) is 25.5. The van der Waals surface area contributed by atoms with Gasteiger partial charge in [0.15, 0.2) is 36.9 Å². The summed E-state index contributed by atoms with van der Waals surface area (Å²) in [4.78, 5) is 25.0. The molecule has 6 N–H and O–H groups in total. The van der Waals surface area contributed by atoms with Crippen LogP contribution in [-0.2, 0) is 57.0 Å². The molecule has 0 amide bonds. The molecule has 9 fully saturated rings. The van der Waals surface area contributed by atoms with E-state index in [1.165, 1.54) is 20.8 Å². The topological polar surface area (TPSA) is 248 Å². The van der Waals surface area contributed by atoms with Crippen molar-refractivity contribution in [2.24, 2.45) is 45.3 Å². The summed E-state index contributed by atoms with van der Waals surface area (Å²) < 4.78 is 63.7. The van der Waals surface area contributed by atoms with E-state index >= 15 is 0 Å². The Hall–Kier alpha value is -1.88. The summed E-state index contributed by atoms with van der Waals surface area (Å²) in [5, 5.41) is 64.8. The van der Waals surface area contributed by atoms with Gasteiger partial charge in [-0.05, 0) is 108 Å². The van der Waals surface area contributed by atoms with Crippen molar-refractivity contribution in [1.82, 2.24) is 0 Å². The van der Waals surface area contributed by atoms with Crippen molar-refractivity contribution in [3.63, 3.8) is 0 Å². The molecule has 5 aliphatic heterocycles. The van der Waals surface area contributed by atoms with Gasteiger partial charge in [-0.3, -0.25) is 9.59 Å². The molecule has 0 aromatic rings. The third-order valence-corrected chi connectivity index (χ3v) is 19.5. The van der Waals surface area contributed by atoms with Crippen LogP contribution in [0.5, 0.6) is 0 Å². The Morgan fingerprint density at radius 3 is 1.97 bits per heavy atom. The van der Waals surface area contributed by atoms with Gasteiger partial charge in [-0.2, -0.15) is 0 Å². The van der Waals surface area contributed by atoms with Gasteiger partial charge in [-0.1, -0.05) is 39.3 Å². The van der Waals surface area contributed by atoms with Crippen molar-refractivity contribution in [2.45, 2.75) is 237 Å². The zero-order valence-corrected chi connectivity index (χ0v) is 42.3. The van der Waals surface area contributed by atoms with Crippen molar-refractivity contribution in [3.8, 4) is 0 Å². The Kier molecular flexibility index (Phi) is 13.7. The Morgan fingerprint density at radius 1 is 0.667 bits per heavy atom. The second-order valence-electron chi connectivity index (χ2n) is 24.0. The van der Waals surface area contributed by atoms with Gasteiger partial charge in [-0.25, -0.2) is 0 Å². The molecule has 0 radical (unpaired) electrons. The zero-order valence-electron chi connectivity index (χ0n) is 42.3. The van der Waals surface area contributed by atoms with E-state index in [-0.39, 0.29) is 46.9 Å². The van der Waals surface area contributed by atoms with E-state index in [4.69, 9.17) is 47.4 Å².